The number of nitrogens with zero attached hydrogens (tertiary/aromatic N) is 3. The molecule has 0 aromatic heterocycles. The second-order valence-corrected chi connectivity index (χ2v) is 9.56. The van der Waals surface area contributed by atoms with Gasteiger partial charge < -0.3 is 10.0 Å². The molecule has 2 aromatic rings. The zero-order chi connectivity index (χ0) is 21.2. The molecule has 5 heteroatoms. The molecule has 0 bridgehead atoms. The third-order valence-electron chi connectivity index (χ3n) is 6.83. The van der Waals surface area contributed by atoms with Crippen molar-refractivity contribution in [3.63, 3.8) is 0 Å². The Morgan fingerprint density at radius 2 is 1.39 bits per heavy atom. The fraction of sp³-hybridized carbons (Fsp3) is 0.500. The molecule has 1 saturated heterocycles. The topological polar surface area (TPSA) is 47.0 Å². The highest BCUT2D eigenvalue weighted by molar-refractivity contribution is 5.75. The van der Waals surface area contributed by atoms with Crippen molar-refractivity contribution in [1.29, 1.82) is 0 Å². The minimum atomic E-state index is -0.587. The third-order valence-corrected chi connectivity index (χ3v) is 6.83. The largest absolute Gasteiger partial charge is 0.390 e. The number of aliphatic hydroxyl groups excluding tert-OH is 1. The van der Waals surface area contributed by atoms with Crippen molar-refractivity contribution >= 4 is 6.03 Å². The van der Waals surface area contributed by atoms with Gasteiger partial charge in [-0.3, -0.25) is 5.01 Å². The zero-order valence-corrected chi connectivity index (χ0v) is 18.1. The predicted molar refractivity (Wildman–Crippen MR) is 121 cm³/mol. The first-order valence-electron chi connectivity index (χ1n) is 11.8. The van der Waals surface area contributed by atoms with E-state index in [-0.39, 0.29) is 12.1 Å². The van der Waals surface area contributed by atoms with Gasteiger partial charge in [-0.15, -0.1) is 0 Å². The minimum Gasteiger partial charge on any atom is -0.390 e. The molecular weight excluding hydrogens is 386 g/mol. The molecule has 0 spiro atoms. The predicted octanol–water partition coefficient (Wildman–Crippen LogP) is 3.93. The van der Waals surface area contributed by atoms with Crippen LogP contribution in [0.15, 0.2) is 60.7 Å². The highest BCUT2D eigenvalue weighted by atomic mass is 16.3. The maximum Gasteiger partial charge on any atom is 0.334 e. The average Bonchev–Trinajstić information content (AvgIpc) is 3.70. The molecule has 1 heterocycles. The lowest BCUT2D eigenvalue weighted by atomic mass is 9.99. The van der Waals surface area contributed by atoms with Gasteiger partial charge >= 0.3 is 6.03 Å². The van der Waals surface area contributed by atoms with Gasteiger partial charge in [0.15, 0.2) is 0 Å². The molecule has 31 heavy (non-hydrogen) atoms. The molecule has 2 aromatic carbocycles. The molecule has 3 aliphatic rings. The average molecular weight is 420 g/mol. The molecule has 2 saturated carbocycles. The van der Waals surface area contributed by atoms with Gasteiger partial charge in [0.05, 0.1) is 12.1 Å². The van der Waals surface area contributed by atoms with Crippen LogP contribution in [0.4, 0.5) is 4.79 Å². The van der Waals surface area contributed by atoms with Crippen LogP contribution in [-0.4, -0.2) is 57.8 Å². The van der Waals surface area contributed by atoms with Crippen molar-refractivity contribution in [2.45, 2.75) is 50.8 Å². The van der Waals surface area contributed by atoms with Crippen molar-refractivity contribution in [3.05, 3.63) is 71.8 Å². The molecule has 1 N–H and O–H groups in total. The van der Waals surface area contributed by atoms with Crippen molar-refractivity contribution in [2.75, 3.05) is 19.6 Å². The van der Waals surface area contributed by atoms with E-state index < -0.39 is 6.10 Å². The normalized spacial score (nSPS) is 25.0. The summed E-state index contributed by atoms with van der Waals surface area (Å²) in [6, 6.07) is 20.4. The van der Waals surface area contributed by atoms with Crippen molar-refractivity contribution < 1.29 is 9.90 Å². The summed E-state index contributed by atoms with van der Waals surface area (Å²) in [4.78, 5) is 15.9. The number of hydrogen-bond acceptors (Lipinski definition) is 3. The van der Waals surface area contributed by atoms with E-state index in [9.17, 15) is 9.90 Å². The van der Waals surface area contributed by atoms with E-state index in [1.807, 2.05) is 46.3 Å². The van der Waals surface area contributed by atoms with Gasteiger partial charge in [-0.05, 0) is 55.1 Å². The molecule has 3 fully saturated rings. The summed E-state index contributed by atoms with van der Waals surface area (Å²) in [5.41, 5.74) is 2.34. The molecule has 5 rings (SSSR count). The van der Waals surface area contributed by atoms with Crippen LogP contribution in [0, 0.1) is 11.8 Å². The number of hydrogen-bond donors (Lipinski definition) is 1. The summed E-state index contributed by atoms with van der Waals surface area (Å²) < 4.78 is 0. The first kappa shape index (κ1) is 20.5. The van der Waals surface area contributed by atoms with E-state index in [0.29, 0.717) is 31.3 Å². The van der Waals surface area contributed by atoms with Gasteiger partial charge in [0, 0.05) is 26.2 Å². The second-order valence-electron chi connectivity index (χ2n) is 9.56. The van der Waals surface area contributed by atoms with Crippen molar-refractivity contribution in [1.82, 2.24) is 14.9 Å². The van der Waals surface area contributed by atoms with Crippen molar-refractivity contribution in [3.8, 4) is 0 Å². The number of amides is 2. The molecule has 2 atom stereocenters. The number of rotatable bonds is 8. The summed E-state index contributed by atoms with van der Waals surface area (Å²) >= 11 is 0. The number of benzene rings is 2. The first-order chi connectivity index (χ1) is 15.2. The lowest BCUT2D eigenvalue weighted by Crippen LogP contribution is -2.52. The van der Waals surface area contributed by atoms with Gasteiger partial charge in [-0.1, -0.05) is 60.7 Å². The Bertz CT molecular complexity index is 867. The fourth-order valence-electron chi connectivity index (χ4n) is 4.63. The van der Waals surface area contributed by atoms with Crippen LogP contribution in [0.5, 0.6) is 0 Å². The fourth-order valence-corrected chi connectivity index (χ4v) is 4.63. The summed E-state index contributed by atoms with van der Waals surface area (Å²) in [5.74, 6) is 1.17. The van der Waals surface area contributed by atoms with Gasteiger partial charge in [-0.2, -0.15) is 0 Å². The van der Waals surface area contributed by atoms with Crippen LogP contribution < -0.4 is 0 Å². The van der Waals surface area contributed by atoms with Crippen LogP contribution in [0.2, 0.25) is 0 Å². The first-order valence-corrected chi connectivity index (χ1v) is 11.8. The molecule has 2 aliphatic carbocycles. The van der Waals surface area contributed by atoms with Gasteiger partial charge in [0.25, 0.3) is 0 Å². The van der Waals surface area contributed by atoms with E-state index in [1.165, 1.54) is 36.8 Å². The number of carbonyl (C=O) groups excluding carboxylic acids is 1. The molecule has 0 unspecified atom stereocenters. The second kappa shape index (κ2) is 9.01. The lowest BCUT2D eigenvalue weighted by Gasteiger charge is -2.36. The number of urea groups is 1. The van der Waals surface area contributed by atoms with E-state index in [4.69, 9.17) is 0 Å². The Hall–Kier alpha value is -2.37. The molecule has 0 radical (unpaired) electrons. The van der Waals surface area contributed by atoms with E-state index in [0.717, 1.165) is 13.1 Å². The van der Waals surface area contributed by atoms with Crippen LogP contribution >= 0.6 is 0 Å². The Balaban J connectivity index is 1.44. The zero-order valence-electron chi connectivity index (χ0n) is 18.1. The monoisotopic (exact) mass is 419 g/mol. The highest BCUT2D eigenvalue weighted by Gasteiger charge is 2.43. The van der Waals surface area contributed by atoms with Crippen molar-refractivity contribution in [2.24, 2.45) is 11.8 Å². The number of β-amino-alcohol motifs (C(OH)–C–C–N with tert-alkyl or cyclic N) is 1. The SMILES string of the molecule is O=C1N(CC2CC2)[C@@H](Cc2ccccc2)[C@@H](O)CN(Cc2ccccc2)N1CC1CC1. The standard InChI is InChI=1S/C26H33N3O2/c30-25-19-27(16-21-9-5-2-6-10-21)29(18-23-13-14-23)26(31)28(17-22-11-12-22)24(25)15-20-7-3-1-4-8-20/h1-10,22-25,30H,11-19H2/t24-,25-/m0/s1. The van der Waals surface area contributed by atoms with Crippen LogP contribution in [-0.2, 0) is 13.0 Å². The Morgan fingerprint density at radius 3 is 2.00 bits per heavy atom. The lowest BCUT2D eigenvalue weighted by molar-refractivity contribution is -0.0184. The van der Waals surface area contributed by atoms with E-state index in [2.05, 4.69) is 29.3 Å². The summed E-state index contributed by atoms with van der Waals surface area (Å²) in [5, 5.41) is 15.4. The maximum absolute atomic E-state index is 13.9. The van der Waals surface area contributed by atoms with E-state index >= 15 is 0 Å². The summed E-state index contributed by atoms with van der Waals surface area (Å²) in [7, 11) is 0. The number of carbonyl (C=O) groups is 1. The van der Waals surface area contributed by atoms with Gasteiger partial charge in [-0.25, -0.2) is 9.80 Å². The van der Waals surface area contributed by atoms with Gasteiger partial charge in [0.1, 0.15) is 0 Å². The molecule has 2 amide bonds. The Kier molecular flexibility index (Phi) is 5.97. The van der Waals surface area contributed by atoms with Crippen LogP contribution in [0.1, 0.15) is 36.8 Å². The van der Waals surface area contributed by atoms with E-state index in [1.54, 1.807) is 0 Å². The third kappa shape index (κ3) is 5.10. The highest BCUT2D eigenvalue weighted by Crippen LogP contribution is 2.35. The smallest absolute Gasteiger partial charge is 0.334 e. The van der Waals surface area contributed by atoms with Crippen LogP contribution in [0.3, 0.4) is 0 Å². The quantitative estimate of drug-likeness (QED) is 0.705. The Morgan fingerprint density at radius 1 is 0.806 bits per heavy atom. The number of aliphatic hydroxyl groups is 1. The minimum absolute atomic E-state index is 0.0761. The Labute approximate surface area is 185 Å². The number of hydrazine groups is 1. The summed E-state index contributed by atoms with van der Waals surface area (Å²) in [6.07, 6.45) is 4.87. The molecule has 1 aliphatic heterocycles. The summed E-state index contributed by atoms with van der Waals surface area (Å²) in [6.45, 7) is 2.64. The maximum atomic E-state index is 13.9. The van der Waals surface area contributed by atoms with Gasteiger partial charge in [0.2, 0.25) is 0 Å². The van der Waals surface area contributed by atoms with Crippen LogP contribution in [0.25, 0.3) is 0 Å². The molecular formula is C26H33N3O2. The molecule has 164 valence electrons. The molecule has 5 nitrogen and oxygen atoms in total.